The highest BCUT2D eigenvalue weighted by Crippen LogP contribution is 2.44. The van der Waals surface area contributed by atoms with E-state index in [0.29, 0.717) is 33.7 Å². The molecule has 0 radical (unpaired) electrons. The van der Waals surface area contributed by atoms with Crippen molar-refractivity contribution in [3.05, 3.63) is 94.8 Å². The summed E-state index contributed by atoms with van der Waals surface area (Å²) in [7, 11) is 0. The average molecular weight is 517 g/mol. The van der Waals surface area contributed by atoms with E-state index in [-0.39, 0.29) is 16.5 Å². The zero-order valence-electron chi connectivity index (χ0n) is 20.4. The maximum atomic E-state index is 13.8. The van der Waals surface area contributed by atoms with Crippen LogP contribution in [0.5, 0.6) is 5.75 Å². The number of hydrogen-bond acceptors (Lipinski definition) is 6. The van der Waals surface area contributed by atoms with Gasteiger partial charge in [0.15, 0.2) is 5.13 Å². The summed E-state index contributed by atoms with van der Waals surface area (Å²) in [6.07, 6.45) is 1.94. The van der Waals surface area contributed by atoms with Gasteiger partial charge in [0.1, 0.15) is 17.3 Å². The number of aliphatic hydroxyl groups excluding tert-OH is 1. The van der Waals surface area contributed by atoms with E-state index < -0.39 is 23.5 Å². The summed E-state index contributed by atoms with van der Waals surface area (Å²) < 4.78 is 20.1. The topological polar surface area (TPSA) is 79.7 Å². The van der Waals surface area contributed by atoms with Crippen molar-refractivity contribution in [2.24, 2.45) is 0 Å². The van der Waals surface area contributed by atoms with E-state index in [1.165, 1.54) is 23.1 Å². The van der Waals surface area contributed by atoms with Gasteiger partial charge >= 0.3 is 5.91 Å². The van der Waals surface area contributed by atoms with Crippen molar-refractivity contribution in [2.45, 2.75) is 32.7 Å². The number of thiazole rings is 1. The summed E-state index contributed by atoms with van der Waals surface area (Å²) in [4.78, 5) is 32.5. The number of aromatic nitrogens is 1. The molecule has 1 fully saturated rings. The smallest absolute Gasteiger partial charge is 0.301 e. The first-order valence-corrected chi connectivity index (χ1v) is 12.9. The lowest BCUT2D eigenvalue weighted by Crippen LogP contribution is -2.29. The Bertz CT molecular complexity index is 1510. The second-order valence-electron chi connectivity index (χ2n) is 8.91. The minimum Gasteiger partial charge on any atom is -0.507 e. The molecule has 1 aromatic heterocycles. The van der Waals surface area contributed by atoms with E-state index in [2.05, 4.69) is 11.9 Å². The molecule has 1 saturated heterocycles. The van der Waals surface area contributed by atoms with E-state index in [1.807, 2.05) is 19.1 Å². The maximum Gasteiger partial charge on any atom is 0.301 e. The van der Waals surface area contributed by atoms with Gasteiger partial charge in [-0.15, -0.1) is 0 Å². The first-order chi connectivity index (χ1) is 17.9. The maximum absolute atomic E-state index is 13.8. The van der Waals surface area contributed by atoms with Crippen molar-refractivity contribution in [3.63, 3.8) is 0 Å². The number of aryl methyl sites for hydroxylation is 1. The molecule has 3 aromatic carbocycles. The van der Waals surface area contributed by atoms with Crippen LogP contribution < -0.4 is 9.64 Å². The number of halogens is 1. The van der Waals surface area contributed by atoms with Crippen molar-refractivity contribution in [2.75, 3.05) is 11.5 Å². The molecule has 0 aliphatic carbocycles. The average Bonchev–Trinajstić information content (AvgIpc) is 3.42. The molecule has 37 heavy (non-hydrogen) atoms. The lowest BCUT2D eigenvalue weighted by molar-refractivity contribution is -0.132. The highest BCUT2D eigenvalue weighted by molar-refractivity contribution is 7.22. The highest BCUT2D eigenvalue weighted by atomic mass is 32.1. The number of carbonyl (C=O) groups excluding carboxylic acids is 2. The normalized spacial score (nSPS) is 17.1. The molecule has 1 unspecified atom stereocenters. The Hall–Kier alpha value is -4.04. The molecule has 1 aliphatic rings. The molecule has 4 aromatic rings. The number of amides is 1. The third-order valence-electron chi connectivity index (χ3n) is 6.28. The summed E-state index contributed by atoms with van der Waals surface area (Å²) in [6.45, 7) is 4.59. The second kappa shape index (κ2) is 10.1. The van der Waals surface area contributed by atoms with Gasteiger partial charge in [-0.2, -0.15) is 0 Å². The lowest BCUT2D eigenvalue weighted by atomic mass is 9.95. The molecular formula is C29H25FN2O4S. The van der Waals surface area contributed by atoms with Crippen LogP contribution in [0.2, 0.25) is 0 Å². The summed E-state index contributed by atoms with van der Waals surface area (Å²) >= 11 is 1.11. The number of nitrogens with zero attached hydrogens (tertiary/aromatic N) is 2. The molecule has 1 amide bonds. The van der Waals surface area contributed by atoms with Gasteiger partial charge in [-0.3, -0.25) is 14.5 Å². The van der Waals surface area contributed by atoms with Crippen molar-refractivity contribution in [1.29, 1.82) is 0 Å². The highest BCUT2D eigenvalue weighted by Gasteiger charge is 2.48. The first-order valence-electron chi connectivity index (χ1n) is 12.0. The predicted molar refractivity (Wildman–Crippen MR) is 142 cm³/mol. The van der Waals surface area contributed by atoms with Crippen LogP contribution in [-0.4, -0.2) is 28.4 Å². The molecule has 1 N–H and O–H groups in total. The number of carbonyl (C=O) groups is 2. The fourth-order valence-electron chi connectivity index (χ4n) is 4.28. The van der Waals surface area contributed by atoms with Crippen LogP contribution in [0.1, 0.15) is 42.5 Å². The van der Waals surface area contributed by atoms with Gasteiger partial charge in [-0.1, -0.05) is 66.6 Å². The molecule has 1 aliphatic heterocycles. The third-order valence-corrected chi connectivity index (χ3v) is 7.29. The first kappa shape index (κ1) is 24.6. The van der Waals surface area contributed by atoms with E-state index in [4.69, 9.17) is 4.74 Å². The number of aliphatic hydroxyl groups is 1. The van der Waals surface area contributed by atoms with Crippen molar-refractivity contribution in [3.8, 4) is 5.75 Å². The molecular weight excluding hydrogens is 491 g/mol. The molecule has 5 rings (SSSR count). The van der Waals surface area contributed by atoms with E-state index >= 15 is 0 Å². The van der Waals surface area contributed by atoms with Crippen molar-refractivity contribution >= 4 is 44.1 Å². The molecule has 1 atom stereocenters. The number of ketones is 1. The number of anilines is 1. The third kappa shape index (κ3) is 4.72. The summed E-state index contributed by atoms with van der Waals surface area (Å²) in [5.74, 6) is -1.62. The summed E-state index contributed by atoms with van der Waals surface area (Å²) in [5.41, 5.74) is 2.52. The van der Waals surface area contributed by atoms with Gasteiger partial charge in [0.2, 0.25) is 0 Å². The van der Waals surface area contributed by atoms with Crippen molar-refractivity contribution < 1.29 is 23.8 Å². The molecule has 188 valence electrons. The van der Waals surface area contributed by atoms with Crippen LogP contribution in [0.4, 0.5) is 9.52 Å². The van der Waals surface area contributed by atoms with Gasteiger partial charge in [-0.05, 0) is 49.2 Å². The van der Waals surface area contributed by atoms with Gasteiger partial charge < -0.3 is 9.84 Å². The Morgan fingerprint density at radius 3 is 2.51 bits per heavy atom. The van der Waals surface area contributed by atoms with Crippen LogP contribution in [0.25, 0.3) is 16.0 Å². The van der Waals surface area contributed by atoms with Crippen molar-refractivity contribution in [1.82, 2.24) is 4.98 Å². The minimum atomic E-state index is -0.920. The number of rotatable bonds is 7. The van der Waals surface area contributed by atoms with Crippen LogP contribution in [0, 0.1) is 12.7 Å². The zero-order chi connectivity index (χ0) is 26.1. The number of Topliss-reactive ketones (excluding diaryl/α,β-unsaturated/α-hetero) is 1. The monoisotopic (exact) mass is 516 g/mol. The fourth-order valence-corrected chi connectivity index (χ4v) is 5.30. The van der Waals surface area contributed by atoms with Crippen LogP contribution in [-0.2, 0) is 9.59 Å². The van der Waals surface area contributed by atoms with E-state index in [1.54, 1.807) is 36.4 Å². The van der Waals surface area contributed by atoms with Gasteiger partial charge in [0.05, 0.1) is 28.4 Å². The minimum absolute atomic E-state index is 0.0288. The number of hydrogen-bond donors (Lipinski definition) is 1. The fraction of sp³-hybridized carbons (Fsp3) is 0.207. The van der Waals surface area contributed by atoms with Crippen LogP contribution in [0.15, 0.2) is 72.3 Å². The van der Waals surface area contributed by atoms with E-state index in [0.717, 1.165) is 29.7 Å². The number of unbranched alkanes of at least 4 members (excludes halogenated alkanes) is 1. The molecule has 0 saturated carbocycles. The number of benzene rings is 3. The Kier molecular flexibility index (Phi) is 6.76. The standard InChI is InChI=1S/C29H25FN2O4S/c1-3-4-15-36-21-12-9-18(10-13-21)25-24(26(33)19-7-5-17(2)6-8-19)27(34)28(35)32(25)29-31-22-14-11-20(30)16-23(22)37-29/h5-14,16,25,33H,3-4,15H2,1-2H3. The summed E-state index contributed by atoms with van der Waals surface area (Å²) in [6, 6.07) is 17.4. The zero-order valence-corrected chi connectivity index (χ0v) is 21.2. The van der Waals surface area contributed by atoms with E-state index in [9.17, 15) is 19.1 Å². The van der Waals surface area contributed by atoms with Crippen LogP contribution >= 0.6 is 11.3 Å². The lowest BCUT2D eigenvalue weighted by Gasteiger charge is -2.23. The Morgan fingerprint density at radius 1 is 1.08 bits per heavy atom. The van der Waals surface area contributed by atoms with Gasteiger partial charge in [0.25, 0.3) is 5.78 Å². The molecule has 0 spiro atoms. The molecule has 6 nitrogen and oxygen atoms in total. The molecule has 0 bridgehead atoms. The van der Waals surface area contributed by atoms with Crippen LogP contribution in [0.3, 0.4) is 0 Å². The number of fused-ring (bicyclic) bond motifs is 1. The number of ether oxygens (including phenoxy) is 1. The molecule has 8 heteroatoms. The Balaban J connectivity index is 1.64. The largest absolute Gasteiger partial charge is 0.507 e. The van der Waals surface area contributed by atoms with Gasteiger partial charge in [0, 0.05) is 5.56 Å². The quantitative estimate of drug-likeness (QED) is 0.130. The SMILES string of the molecule is CCCCOc1ccc(C2C(=C(O)c3ccc(C)cc3)C(=O)C(=O)N2c2nc3ccc(F)cc3s2)cc1. The second-order valence-corrected chi connectivity index (χ2v) is 9.92. The Labute approximate surface area is 217 Å². The molecule has 2 heterocycles. The Morgan fingerprint density at radius 2 is 1.81 bits per heavy atom. The summed E-state index contributed by atoms with van der Waals surface area (Å²) in [5, 5.41) is 11.5. The predicted octanol–water partition coefficient (Wildman–Crippen LogP) is 6.55. The van der Waals surface area contributed by atoms with Gasteiger partial charge in [-0.25, -0.2) is 9.37 Å².